The lowest BCUT2D eigenvalue weighted by Gasteiger charge is -2.48. The highest BCUT2D eigenvalue weighted by Crippen LogP contribution is 2.57. The third-order valence-electron chi connectivity index (χ3n) is 11.5. The molecule has 0 aromatic rings. The van der Waals surface area contributed by atoms with Crippen LogP contribution in [0.2, 0.25) is 0 Å². The Kier molecular flexibility index (Phi) is 14.0. The SMILES string of the molecule is CC(C)(CC(C)(C)C(=O)OC1CC(C(C)(O)C(F)(F)F)CC(C(O)(C(F)(F)F)C(F)(F)F)C1)C(=O)OC1CC(C(C)(O)C(F)(F)F)CC(C(O)(C(F)(F)F)C(F)(F)F)C1. The van der Waals surface area contributed by atoms with E-state index < -0.39 is 163 Å². The first-order valence-electron chi connectivity index (χ1n) is 17.3. The molecule has 0 spiro atoms. The zero-order valence-corrected chi connectivity index (χ0v) is 31.6. The van der Waals surface area contributed by atoms with Gasteiger partial charge in [-0.05, 0) is 86.5 Å². The quantitative estimate of drug-likeness (QED) is 0.127. The summed E-state index contributed by atoms with van der Waals surface area (Å²) in [4.78, 5) is 26.7. The molecule has 2 fully saturated rings. The number of carbonyl (C=O) groups excluding carboxylic acids is 2. The molecule has 2 aliphatic rings. The van der Waals surface area contributed by atoms with Gasteiger partial charge in [0.2, 0.25) is 0 Å². The highest BCUT2D eigenvalue weighted by molar-refractivity contribution is 5.80. The predicted octanol–water partition coefficient (Wildman–Crippen LogP) is 8.42. The van der Waals surface area contributed by atoms with Gasteiger partial charge in [-0.3, -0.25) is 9.59 Å². The molecular weight excluding hydrogens is 866 g/mol. The number of hydrogen-bond donors (Lipinski definition) is 4. The fraction of sp³-hybridized carbons (Fsp3) is 0.939. The van der Waals surface area contributed by atoms with Crippen LogP contribution in [-0.2, 0) is 19.1 Å². The van der Waals surface area contributed by atoms with Crippen molar-refractivity contribution < 1.29 is 119 Å². The second-order valence-corrected chi connectivity index (χ2v) is 17.0. The standard InChI is InChI=1S/C33H42F18O8/c1-22(2,20(52)58-18-9-14(24(5,54)28(34,35)36)7-16(11-18)26(56,30(40,41)42)31(43,44)45)13-23(3,4)21(53)59-19-10-15(25(6,55)29(37,38)39)8-17(12-19)27(57,32(46,47)48)33(49,50)51/h14-19,54-57H,7-13H2,1-6H3. The minimum absolute atomic E-state index is 0.0187. The van der Waals surface area contributed by atoms with Crippen LogP contribution >= 0.6 is 0 Å². The summed E-state index contributed by atoms with van der Waals surface area (Å²) in [5, 5.41) is 40.4. The van der Waals surface area contributed by atoms with Crippen molar-refractivity contribution in [3.63, 3.8) is 0 Å². The van der Waals surface area contributed by atoms with E-state index in [-0.39, 0.29) is 13.8 Å². The van der Waals surface area contributed by atoms with Gasteiger partial charge in [0.15, 0.2) is 11.2 Å². The highest BCUT2D eigenvalue weighted by atomic mass is 19.4. The largest absolute Gasteiger partial charge is 0.462 e. The number of aliphatic hydroxyl groups is 4. The number of halogens is 18. The second kappa shape index (κ2) is 15.7. The molecular formula is C33H42F18O8. The Hall–Kier alpha value is -2.48. The molecule has 2 rings (SSSR count). The van der Waals surface area contributed by atoms with Crippen LogP contribution < -0.4 is 0 Å². The van der Waals surface area contributed by atoms with Gasteiger partial charge < -0.3 is 29.9 Å². The Balaban J connectivity index is 2.47. The number of esters is 2. The minimum atomic E-state index is -6.57. The number of carbonyl (C=O) groups is 2. The van der Waals surface area contributed by atoms with E-state index in [1.165, 1.54) is 0 Å². The highest BCUT2D eigenvalue weighted by Gasteiger charge is 2.76. The molecule has 0 aliphatic heterocycles. The van der Waals surface area contributed by atoms with Crippen LogP contribution in [-0.4, -0.2) is 104 Å². The molecule has 2 aliphatic carbocycles. The molecule has 59 heavy (non-hydrogen) atoms. The molecule has 0 amide bonds. The maximum atomic E-state index is 13.8. The van der Waals surface area contributed by atoms with E-state index in [1.54, 1.807) is 0 Å². The number of rotatable bonds is 10. The first kappa shape index (κ1) is 52.7. The van der Waals surface area contributed by atoms with Gasteiger partial charge in [0.25, 0.3) is 11.2 Å². The Morgan fingerprint density at radius 2 is 0.627 bits per heavy atom. The van der Waals surface area contributed by atoms with Crippen LogP contribution in [0.1, 0.15) is 86.5 Å². The topological polar surface area (TPSA) is 134 Å². The fourth-order valence-electron chi connectivity index (χ4n) is 7.91. The van der Waals surface area contributed by atoms with Crippen molar-refractivity contribution in [3.05, 3.63) is 0 Å². The number of hydrogen-bond acceptors (Lipinski definition) is 8. The molecule has 8 atom stereocenters. The van der Waals surface area contributed by atoms with Crippen molar-refractivity contribution in [3.8, 4) is 0 Å². The van der Waals surface area contributed by atoms with E-state index in [9.17, 15) is 109 Å². The van der Waals surface area contributed by atoms with Gasteiger partial charge in [-0.15, -0.1) is 0 Å². The Morgan fingerprint density at radius 1 is 0.407 bits per heavy atom. The molecule has 0 heterocycles. The van der Waals surface area contributed by atoms with Crippen molar-refractivity contribution in [2.24, 2.45) is 34.5 Å². The van der Waals surface area contributed by atoms with E-state index in [1.807, 2.05) is 0 Å². The first-order valence-corrected chi connectivity index (χ1v) is 17.3. The van der Waals surface area contributed by atoms with Gasteiger partial charge in [0.1, 0.15) is 12.2 Å². The monoisotopic (exact) mass is 908 g/mol. The summed E-state index contributed by atoms with van der Waals surface area (Å²) in [5.74, 6) is -14.9. The van der Waals surface area contributed by atoms with Crippen LogP contribution in [0.4, 0.5) is 79.0 Å². The van der Waals surface area contributed by atoms with Crippen molar-refractivity contribution in [2.75, 3.05) is 0 Å². The average Bonchev–Trinajstić information content (AvgIpc) is 2.99. The van der Waals surface area contributed by atoms with Crippen molar-refractivity contribution in [1.82, 2.24) is 0 Å². The minimum Gasteiger partial charge on any atom is -0.462 e. The molecule has 2 saturated carbocycles. The van der Waals surface area contributed by atoms with Crippen LogP contribution in [0.5, 0.6) is 0 Å². The van der Waals surface area contributed by atoms with E-state index in [0.29, 0.717) is 0 Å². The third kappa shape index (κ3) is 10.1. The normalized spacial score (nSPS) is 27.4. The van der Waals surface area contributed by atoms with Crippen LogP contribution in [0.25, 0.3) is 0 Å². The molecule has 0 aromatic heterocycles. The lowest BCUT2D eigenvalue weighted by atomic mass is 9.66. The van der Waals surface area contributed by atoms with E-state index in [2.05, 4.69) is 0 Å². The summed E-state index contributed by atoms with van der Waals surface area (Å²) in [6.07, 6.45) is -52.3. The predicted molar refractivity (Wildman–Crippen MR) is 161 cm³/mol. The smallest absolute Gasteiger partial charge is 0.426 e. The maximum Gasteiger partial charge on any atom is 0.426 e. The summed E-state index contributed by atoms with van der Waals surface area (Å²) in [5.41, 5.74) is -23.8. The zero-order chi connectivity index (χ0) is 47.0. The Morgan fingerprint density at radius 3 is 0.831 bits per heavy atom. The third-order valence-corrected chi connectivity index (χ3v) is 11.5. The summed E-state index contributed by atoms with van der Waals surface area (Å²) in [6, 6.07) is 0. The fourth-order valence-corrected chi connectivity index (χ4v) is 7.91. The van der Waals surface area contributed by atoms with Crippen LogP contribution in [0, 0.1) is 34.5 Å². The summed E-state index contributed by atoms with van der Waals surface area (Å²) >= 11 is 0. The van der Waals surface area contributed by atoms with Gasteiger partial charge in [-0.1, -0.05) is 0 Å². The lowest BCUT2D eigenvalue weighted by molar-refractivity contribution is -0.392. The second-order valence-electron chi connectivity index (χ2n) is 17.0. The van der Waals surface area contributed by atoms with Crippen LogP contribution in [0.3, 0.4) is 0 Å². The van der Waals surface area contributed by atoms with Crippen molar-refractivity contribution in [2.45, 2.75) is 158 Å². The molecule has 4 N–H and O–H groups in total. The molecule has 0 saturated heterocycles. The summed E-state index contributed by atoms with van der Waals surface area (Å²) in [7, 11) is 0. The van der Waals surface area contributed by atoms with Gasteiger partial charge in [-0.25, -0.2) is 0 Å². The van der Waals surface area contributed by atoms with Gasteiger partial charge >= 0.3 is 49.0 Å². The first-order chi connectivity index (χ1) is 25.6. The zero-order valence-electron chi connectivity index (χ0n) is 31.6. The van der Waals surface area contributed by atoms with E-state index in [4.69, 9.17) is 9.47 Å². The molecule has 0 radical (unpaired) electrons. The van der Waals surface area contributed by atoms with Crippen molar-refractivity contribution in [1.29, 1.82) is 0 Å². The molecule has 0 bridgehead atoms. The maximum absolute atomic E-state index is 13.8. The van der Waals surface area contributed by atoms with Crippen LogP contribution in [0.15, 0.2) is 0 Å². The summed E-state index contributed by atoms with van der Waals surface area (Å²) in [6.45, 7) is 3.63. The molecule has 26 heteroatoms. The molecule has 8 nitrogen and oxygen atoms in total. The van der Waals surface area contributed by atoms with E-state index >= 15 is 0 Å². The average molecular weight is 909 g/mol. The summed E-state index contributed by atoms with van der Waals surface area (Å²) < 4.78 is 258. The molecule has 8 unspecified atom stereocenters. The van der Waals surface area contributed by atoms with Crippen molar-refractivity contribution >= 4 is 11.9 Å². The van der Waals surface area contributed by atoms with Gasteiger partial charge in [-0.2, -0.15) is 79.0 Å². The Labute approximate surface area is 323 Å². The van der Waals surface area contributed by atoms with Gasteiger partial charge in [0, 0.05) is 23.7 Å². The number of alkyl halides is 18. The molecule has 348 valence electrons. The Bertz CT molecular complexity index is 1370. The van der Waals surface area contributed by atoms with E-state index in [0.717, 1.165) is 27.7 Å². The van der Waals surface area contributed by atoms with Gasteiger partial charge in [0.05, 0.1) is 10.8 Å². The molecule has 0 aromatic carbocycles. The number of ether oxygens (including phenoxy) is 2. The lowest BCUT2D eigenvalue weighted by Crippen LogP contribution is -2.64.